The minimum absolute atomic E-state index is 0.549. The van der Waals surface area contributed by atoms with Gasteiger partial charge in [0.1, 0.15) is 0 Å². The van der Waals surface area contributed by atoms with E-state index in [9.17, 15) is 0 Å². The summed E-state index contributed by atoms with van der Waals surface area (Å²) in [4.78, 5) is 0. The molecule has 0 saturated heterocycles. The number of nitrogen functional groups attached to an aromatic ring is 1. The third-order valence-corrected chi connectivity index (χ3v) is 3.39. The highest BCUT2D eigenvalue weighted by Crippen LogP contribution is 2.13. The van der Waals surface area contributed by atoms with Crippen LogP contribution in [0.25, 0.3) is 0 Å². The topological polar surface area (TPSA) is 38.0 Å². The molecule has 0 amide bonds. The Kier molecular flexibility index (Phi) is 4.99. The molecular formula is C17H22N2. The second-order valence-corrected chi connectivity index (χ2v) is 5.01. The normalized spacial score (nSPS) is 12.3. The first-order valence-corrected chi connectivity index (χ1v) is 6.86. The van der Waals surface area contributed by atoms with E-state index in [1.807, 2.05) is 12.1 Å². The van der Waals surface area contributed by atoms with Gasteiger partial charge in [-0.05, 0) is 42.1 Å². The number of hydrogen-bond acceptors (Lipinski definition) is 2. The second kappa shape index (κ2) is 6.95. The van der Waals surface area contributed by atoms with E-state index in [4.69, 9.17) is 5.73 Å². The van der Waals surface area contributed by atoms with Crippen molar-refractivity contribution in [2.24, 2.45) is 0 Å². The van der Waals surface area contributed by atoms with E-state index in [-0.39, 0.29) is 0 Å². The summed E-state index contributed by atoms with van der Waals surface area (Å²) in [6.45, 7) is 4.27. The van der Waals surface area contributed by atoms with Crippen molar-refractivity contribution in [3.05, 3.63) is 65.7 Å². The van der Waals surface area contributed by atoms with Gasteiger partial charge in [0.2, 0.25) is 0 Å². The fourth-order valence-electron chi connectivity index (χ4n) is 2.14. The van der Waals surface area contributed by atoms with E-state index in [1.165, 1.54) is 11.1 Å². The first-order valence-electron chi connectivity index (χ1n) is 6.86. The Morgan fingerprint density at radius 1 is 1.00 bits per heavy atom. The van der Waals surface area contributed by atoms with E-state index in [2.05, 4.69) is 54.7 Å². The maximum atomic E-state index is 5.67. The average Bonchev–Trinajstić information content (AvgIpc) is 2.46. The van der Waals surface area contributed by atoms with E-state index in [1.54, 1.807) is 0 Å². The number of nitrogens with two attached hydrogens (primary N) is 1. The molecule has 0 aromatic heterocycles. The molecule has 2 aromatic carbocycles. The maximum absolute atomic E-state index is 5.67. The van der Waals surface area contributed by atoms with Crippen molar-refractivity contribution < 1.29 is 0 Å². The number of rotatable bonds is 6. The zero-order valence-corrected chi connectivity index (χ0v) is 11.5. The van der Waals surface area contributed by atoms with E-state index in [0.29, 0.717) is 5.92 Å². The fourth-order valence-corrected chi connectivity index (χ4v) is 2.14. The molecular weight excluding hydrogens is 232 g/mol. The van der Waals surface area contributed by atoms with Crippen LogP contribution in [0.4, 0.5) is 5.69 Å². The molecule has 0 saturated carbocycles. The van der Waals surface area contributed by atoms with Gasteiger partial charge >= 0.3 is 0 Å². The molecule has 0 unspecified atom stereocenters. The van der Waals surface area contributed by atoms with Crippen molar-refractivity contribution in [1.82, 2.24) is 5.32 Å². The highest BCUT2D eigenvalue weighted by molar-refractivity contribution is 5.39. The van der Waals surface area contributed by atoms with Crippen molar-refractivity contribution in [1.29, 1.82) is 0 Å². The number of anilines is 1. The van der Waals surface area contributed by atoms with E-state index in [0.717, 1.165) is 25.2 Å². The molecule has 0 heterocycles. The monoisotopic (exact) mass is 254 g/mol. The molecule has 3 N–H and O–H groups in total. The highest BCUT2D eigenvalue weighted by Gasteiger charge is 2.03. The molecule has 19 heavy (non-hydrogen) atoms. The second-order valence-electron chi connectivity index (χ2n) is 5.01. The molecule has 0 fully saturated rings. The van der Waals surface area contributed by atoms with Crippen LogP contribution in [0.1, 0.15) is 24.0 Å². The molecule has 0 aliphatic carbocycles. The summed E-state index contributed by atoms with van der Waals surface area (Å²) in [6.07, 6.45) is 1.04. The van der Waals surface area contributed by atoms with Crippen LogP contribution in [0.3, 0.4) is 0 Å². The van der Waals surface area contributed by atoms with Gasteiger partial charge in [-0.1, -0.05) is 49.4 Å². The molecule has 1 atom stereocenters. The van der Waals surface area contributed by atoms with Gasteiger partial charge in [0.25, 0.3) is 0 Å². The SMILES string of the molecule is C[C@@H](CNCCc1ccc(N)cc1)c1ccccc1. The first kappa shape index (κ1) is 13.6. The van der Waals surface area contributed by atoms with Crippen LogP contribution in [0.15, 0.2) is 54.6 Å². The summed E-state index contributed by atoms with van der Waals surface area (Å²) in [5.74, 6) is 0.549. The highest BCUT2D eigenvalue weighted by atomic mass is 14.8. The molecule has 0 bridgehead atoms. The molecule has 0 spiro atoms. The Morgan fingerprint density at radius 2 is 1.68 bits per heavy atom. The van der Waals surface area contributed by atoms with Crippen molar-refractivity contribution >= 4 is 5.69 Å². The standard InChI is InChI=1S/C17H22N2/c1-14(16-5-3-2-4-6-16)13-19-12-11-15-7-9-17(18)10-8-15/h2-10,14,19H,11-13,18H2,1H3/t14-/m0/s1. The van der Waals surface area contributed by atoms with E-state index < -0.39 is 0 Å². The van der Waals surface area contributed by atoms with Crippen molar-refractivity contribution in [3.8, 4) is 0 Å². The lowest BCUT2D eigenvalue weighted by Crippen LogP contribution is -2.22. The molecule has 0 aliphatic heterocycles. The van der Waals surface area contributed by atoms with Crippen LogP contribution in [-0.2, 0) is 6.42 Å². The maximum Gasteiger partial charge on any atom is 0.0314 e. The third-order valence-electron chi connectivity index (χ3n) is 3.39. The van der Waals surface area contributed by atoms with Gasteiger partial charge in [0.05, 0.1) is 0 Å². The molecule has 2 aromatic rings. The fraction of sp³-hybridized carbons (Fsp3) is 0.294. The number of benzene rings is 2. The van der Waals surface area contributed by atoms with Crippen LogP contribution in [-0.4, -0.2) is 13.1 Å². The third kappa shape index (κ3) is 4.42. The molecule has 100 valence electrons. The molecule has 2 nitrogen and oxygen atoms in total. The van der Waals surface area contributed by atoms with Gasteiger partial charge in [-0.15, -0.1) is 0 Å². The molecule has 2 rings (SSSR count). The summed E-state index contributed by atoms with van der Waals surface area (Å²) in [7, 11) is 0. The van der Waals surface area contributed by atoms with Crippen LogP contribution in [0.2, 0.25) is 0 Å². The smallest absolute Gasteiger partial charge is 0.0314 e. The molecule has 0 aliphatic rings. The summed E-state index contributed by atoms with van der Waals surface area (Å²) in [5.41, 5.74) is 9.22. The van der Waals surface area contributed by atoms with Crippen molar-refractivity contribution in [2.75, 3.05) is 18.8 Å². The quantitative estimate of drug-likeness (QED) is 0.613. The largest absolute Gasteiger partial charge is 0.399 e. The minimum Gasteiger partial charge on any atom is -0.399 e. The van der Waals surface area contributed by atoms with Crippen LogP contribution in [0, 0.1) is 0 Å². The Balaban J connectivity index is 1.71. The lowest BCUT2D eigenvalue weighted by molar-refractivity contribution is 0.615. The predicted octanol–water partition coefficient (Wildman–Crippen LogP) is 3.20. The Bertz CT molecular complexity index is 476. The minimum atomic E-state index is 0.549. The van der Waals surface area contributed by atoms with Gasteiger partial charge in [-0.25, -0.2) is 0 Å². The lowest BCUT2D eigenvalue weighted by atomic mass is 10.0. The Morgan fingerprint density at radius 3 is 2.37 bits per heavy atom. The van der Waals surface area contributed by atoms with Gasteiger partial charge in [0, 0.05) is 12.2 Å². The zero-order valence-electron chi connectivity index (χ0n) is 11.5. The van der Waals surface area contributed by atoms with Crippen molar-refractivity contribution in [3.63, 3.8) is 0 Å². The summed E-state index contributed by atoms with van der Waals surface area (Å²) in [6, 6.07) is 18.7. The Labute approximate surface area is 115 Å². The van der Waals surface area contributed by atoms with Crippen LogP contribution >= 0.6 is 0 Å². The average molecular weight is 254 g/mol. The van der Waals surface area contributed by atoms with E-state index >= 15 is 0 Å². The van der Waals surface area contributed by atoms with Crippen molar-refractivity contribution in [2.45, 2.75) is 19.3 Å². The van der Waals surface area contributed by atoms with Crippen LogP contribution < -0.4 is 11.1 Å². The van der Waals surface area contributed by atoms with Crippen LogP contribution in [0.5, 0.6) is 0 Å². The number of nitrogens with one attached hydrogen (secondary N) is 1. The van der Waals surface area contributed by atoms with Gasteiger partial charge < -0.3 is 11.1 Å². The van der Waals surface area contributed by atoms with Gasteiger partial charge in [0.15, 0.2) is 0 Å². The molecule has 0 radical (unpaired) electrons. The number of hydrogen-bond donors (Lipinski definition) is 2. The lowest BCUT2D eigenvalue weighted by Gasteiger charge is -2.13. The summed E-state index contributed by atoms with van der Waals surface area (Å²) in [5, 5.41) is 3.52. The Hall–Kier alpha value is -1.80. The van der Waals surface area contributed by atoms with Gasteiger partial charge in [-0.3, -0.25) is 0 Å². The summed E-state index contributed by atoms with van der Waals surface area (Å²) < 4.78 is 0. The summed E-state index contributed by atoms with van der Waals surface area (Å²) >= 11 is 0. The zero-order chi connectivity index (χ0) is 13.5. The van der Waals surface area contributed by atoms with Gasteiger partial charge in [-0.2, -0.15) is 0 Å². The predicted molar refractivity (Wildman–Crippen MR) is 82.3 cm³/mol. The first-order chi connectivity index (χ1) is 9.25. The molecule has 2 heteroatoms.